The van der Waals surface area contributed by atoms with Crippen LogP contribution >= 0.6 is 0 Å². The number of rotatable bonds is 5. The average Bonchev–Trinajstić information content (AvgIpc) is 2.71. The van der Waals surface area contributed by atoms with Crippen LogP contribution in [0.5, 0.6) is 0 Å². The quantitative estimate of drug-likeness (QED) is 0.556. The molecule has 1 N–H and O–H groups in total. The first-order valence-corrected chi connectivity index (χ1v) is 8.53. The number of alkyl halides is 6. The van der Waals surface area contributed by atoms with Gasteiger partial charge in [0.15, 0.2) is 0 Å². The molecule has 11 heteroatoms. The van der Waals surface area contributed by atoms with E-state index in [0.717, 1.165) is 7.11 Å². The van der Waals surface area contributed by atoms with Crippen LogP contribution in [0.1, 0.15) is 32.6 Å². The molecule has 0 saturated carbocycles. The number of benzene rings is 2. The second-order valence-electron chi connectivity index (χ2n) is 6.32. The Kier molecular flexibility index (Phi) is 6.95. The van der Waals surface area contributed by atoms with Gasteiger partial charge in [0.1, 0.15) is 6.04 Å². The third-order valence-electron chi connectivity index (χ3n) is 4.20. The molecule has 1 amide bonds. The van der Waals surface area contributed by atoms with Crippen molar-refractivity contribution in [3.63, 3.8) is 0 Å². The molecule has 1 atom stereocenters. The highest BCUT2D eigenvalue weighted by Gasteiger charge is 2.38. The average molecular weight is 444 g/mol. The van der Waals surface area contributed by atoms with Crippen LogP contribution in [-0.2, 0) is 28.3 Å². The number of hydrogen-bond acceptors (Lipinski definition) is 4. The molecule has 2 aromatic carbocycles. The van der Waals surface area contributed by atoms with Gasteiger partial charge in [-0.15, -0.1) is 0 Å². The molecule has 31 heavy (non-hydrogen) atoms. The fourth-order valence-corrected chi connectivity index (χ4v) is 2.69. The molecule has 164 valence electrons. The maximum atomic E-state index is 13.0. The molecule has 0 aliphatic carbocycles. The van der Waals surface area contributed by atoms with E-state index < -0.39 is 47.0 Å². The molecule has 2 aromatic rings. The van der Waals surface area contributed by atoms with Crippen LogP contribution in [0.15, 0.2) is 42.5 Å². The van der Waals surface area contributed by atoms with Crippen LogP contribution in [0.4, 0.5) is 26.3 Å². The molecule has 5 nitrogen and oxygen atoms in total. The molecule has 0 spiro atoms. The largest absolute Gasteiger partial charge is 0.467 e. The molecule has 0 bridgehead atoms. The summed E-state index contributed by atoms with van der Waals surface area (Å²) in [6, 6.07) is 6.82. The minimum atomic E-state index is -5.14. The highest BCUT2D eigenvalue weighted by atomic mass is 19.4. The van der Waals surface area contributed by atoms with Crippen molar-refractivity contribution in [2.45, 2.75) is 24.8 Å². The van der Waals surface area contributed by atoms with Crippen molar-refractivity contribution in [1.29, 1.82) is 5.26 Å². The van der Waals surface area contributed by atoms with Gasteiger partial charge < -0.3 is 10.1 Å². The van der Waals surface area contributed by atoms with Crippen LogP contribution in [0.2, 0.25) is 0 Å². The summed E-state index contributed by atoms with van der Waals surface area (Å²) < 4.78 is 82.6. The fourth-order valence-electron chi connectivity index (χ4n) is 2.69. The van der Waals surface area contributed by atoms with Crippen molar-refractivity contribution < 1.29 is 40.7 Å². The first-order chi connectivity index (χ1) is 14.4. The summed E-state index contributed by atoms with van der Waals surface area (Å²) in [5.74, 6) is -2.34. The number of nitrogens with one attached hydrogen (secondary N) is 1. The van der Waals surface area contributed by atoms with E-state index in [-0.39, 0.29) is 30.2 Å². The first-order valence-electron chi connectivity index (χ1n) is 8.53. The van der Waals surface area contributed by atoms with Crippen molar-refractivity contribution in [3.8, 4) is 6.07 Å². The van der Waals surface area contributed by atoms with Crippen LogP contribution in [-0.4, -0.2) is 25.0 Å². The predicted octanol–water partition coefficient (Wildman–Crippen LogP) is 4.11. The number of esters is 1. The van der Waals surface area contributed by atoms with Gasteiger partial charge in [-0.2, -0.15) is 31.6 Å². The van der Waals surface area contributed by atoms with E-state index in [2.05, 4.69) is 10.1 Å². The van der Waals surface area contributed by atoms with E-state index in [1.807, 2.05) is 6.07 Å². The van der Waals surface area contributed by atoms with E-state index in [9.17, 15) is 35.9 Å². The summed E-state index contributed by atoms with van der Waals surface area (Å²) in [4.78, 5) is 24.5. The zero-order valence-corrected chi connectivity index (χ0v) is 15.8. The third kappa shape index (κ3) is 5.97. The highest BCUT2D eigenvalue weighted by Crippen LogP contribution is 2.36. The Morgan fingerprint density at radius 1 is 1.03 bits per heavy atom. The number of halogens is 6. The van der Waals surface area contributed by atoms with Gasteiger partial charge in [0.2, 0.25) is 0 Å². The molecular formula is C20H14F6N2O3. The lowest BCUT2D eigenvalue weighted by Gasteiger charge is -2.19. The van der Waals surface area contributed by atoms with E-state index >= 15 is 0 Å². The normalized spacial score (nSPS) is 12.6. The Hall–Kier alpha value is -3.55. The lowest BCUT2D eigenvalue weighted by atomic mass is 10.00. The minimum absolute atomic E-state index is 0.113. The zero-order chi connectivity index (χ0) is 23.4. The summed E-state index contributed by atoms with van der Waals surface area (Å²) in [6.07, 6.45) is -10.5. The van der Waals surface area contributed by atoms with Gasteiger partial charge in [-0.3, -0.25) is 4.79 Å². The molecule has 0 radical (unpaired) electrons. The number of ether oxygens (including phenoxy) is 1. The minimum Gasteiger partial charge on any atom is -0.467 e. The maximum Gasteiger partial charge on any atom is 0.416 e. The van der Waals surface area contributed by atoms with E-state index in [1.165, 1.54) is 12.1 Å². The van der Waals surface area contributed by atoms with Gasteiger partial charge in [0.05, 0.1) is 29.9 Å². The summed E-state index contributed by atoms with van der Waals surface area (Å²) >= 11 is 0. The number of carbonyl (C=O) groups excluding carboxylic acids is 2. The Morgan fingerprint density at radius 3 is 2.06 bits per heavy atom. The van der Waals surface area contributed by atoms with E-state index in [4.69, 9.17) is 5.26 Å². The predicted molar refractivity (Wildman–Crippen MR) is 94.6 cm³/mol. The smallest absolute Gasteiger partial charge is 0.416 e. The van der Waals surface area contributed by atoms with E-state index in [1.54, 1.807) is 12.1 Å². The Bertz CT molecular complexity index is 993. The second kappa shape index (κ2) is 9.07. The SMILES string of the molecule is COC(=O)[C@H](Cc1ccccc1C#N)NC(=O)c1cc(C(F)(F)F)cc(C(F)(F)F)c1. The first kappa shape index (κ1) is 23.7. The van der Waals surface area contributed by atoms with Crippen molar-refractivity contribution in [3.05, 3.63) is 70.3 Å². The van der Waals surface area contributed by atoms with Gasteiger partial charge >= 0.3 is 18.3 Å². The number of nitriles is 1. The van der Waals surface area contributed by atoms with Gasteiger partial charge in [-0.25, -0.2) is 4.79 Å². The van der Waals surface area contributed by atoms with Crippen molar-refractivity contribution in [2.24, 2.45) is 0 Å². The number of nitrogens with zero attached hydrogens (tertiary/aromatic N) is 1. The zero-order valence-electron chi connectivity index (χ0n) is 15.8. The molecule has 0 saturated heterocycles. The number of carbonyl (C=O) groups is 2. The van der Waals surface area contributed by atoms with Crippen molar-refractivity contribution in [1.82, 2.24) is 5.32 Å². The Morgan fingerprint density at radius 2 is 1.58 bits per heavy atom. The Balaban J connectivity index is 2.41. The molecule has 0 fully saturated rings. The molecule has 0 aliphatic heterocycles. The molecule has 0 aromatic heterocycles. The topological polar surface area (TPSA) is 79.2 Å². The lowest BCUT2D eigenvalue weighted by molar-refractivity contribution is -0.144. The van der Waals surface area contributed by atoms with Crippen LogP contribution in [0, 0.1) is 11.3 Å². The monoisotopic (exact) mass is 444 g/mol. The number of methoxy groups -OCH3 is 1. The summed E-state index contributed by atoms with van der Waals surface area (Å²) in [7, 11) is 0.990. The summed E-state index contributed by atoms with van der Waals surface area (Å²) in [5, 5.41) is 11.2. The summed E-state index contributed by atoms with van der Waals surface area (Å²) in [6.45, 7) is 0. The second-order valence-corrected chi connectivity index (χ2v) is 6.32. The summed E-state index contributed by atoms with van der Waals surface area (Å²) in [5.41, 5.74) is -3.79. The fraction of sp³-hybridized carbons (Fsp3) is 0.250. The highest BCUT2D eigenvalue weighted by molar-refractivity contribution is 5.97. The lowest BCUT2D eigenvalue weighted by Crippen LogP contribution is -2.43. The number of amides is 1. The van der Waals surface area contributed by atoms with E-state index in [0.29, 0.717) is 5.56 Å². The molecular weight excluding hydrogens is 430 g/mol. The molecule has 0 unspecified atom stereocenters. The van der Waals surface area contributed by atoms with Gasteiger partial charge in [-0.05, 0) is 29.8 Å². The van der Waals surface area contributed by atoms with Gasteiger partial charge in [0.25, 0.3) is 5.91 Å². The van der Waals surface area contributed by atoms with Gasteiger partial charge in [0, 0.05) is 12.0 Å². The molecule has 2 rings (SSSR count). The molecule has 0 heterocycles. The maximum absolute atomic E-state index is 13.0. The van der Waals surface area contributed by atoms with Gasteiger partial charge in [-0.1, -0.05) is 18.2 Å². The van der Waals surface area contributed by atoms with Crippen LogP contribution in [0.25, 0.3) is 0 Å². The Labute approximate surface area is 172 Å². The third-order valence-corrected chi connectivity index (χ3v) is 4.20. The molecule has 0 aliphatic rings. The van der Waals surface area contributed by atoms with Crippen molar-refractivity contribution >= 4 is 11.9 Å². The number of hydrogen-bond donors (Lipinski definition) is 1. The van der Waals surface area contributed by atoms with Crippen molar-refractivity contribution in [2.75, 3.05) is 7.11 Å². The standard InChI is InChI=1S/C20H14F6N2O3/c1-31-18(30)16(8-11-4-2-3-5-12(11)10-27)28-17(29)13-6-14(19(21,22)23)9-15(7-13)20(24,25)26/h2-7,9,16H,8H2,1H3,(H,28,29)/t16-/m0/s1. The van der Waals surface area contributed by atoms with Crippen LogP contribution in [0.3, 0.4) is 0 Å². The van der Waals surface area contributed by atoms with Crippen LogP contribution < -0.4 is 5.32 Å².